The number of aromatic nitrogens is 1. The van der Waals surface area contributed by atoms with Gasteiger partial charge in [0, 0.05) is 25.0 Å². The molecule has 1 saturated heterocycles. The number of non-ortho nitro benzene ring substituents is 1. The first-order chi connectivity index (χ1) is 13.5. The lowest BCUT2D eigenvalue weighted by Gasteiger charge is -2.19. The van der Waals surface area contributed by atoms with Crippen LogP contribution in [0.2, 0.25) is 5.02 Å². The zero-order chi connectivity index (χ0) is 19.7. The number of quaternary nitrogens is 1. The number of rotatable bonds is 5. The number of nitro benzene ring substituents is 1. The molecule has 0 radical (unpaired) electrons. The molecule has 1 aliphatic rings. The summed E-state index contributed by atoms with van der Waals surface area (Å²) in [5.74, 6) is -0.168. The van der Waals surface area contributed by atoms with Crippen molar-refractivity contribution in [1.29, 1.82) is 0 Å². The number of hydrogen-bond donors (Lipinski definition) is 2. The van der Waals surface area contributed by atoms with Crippen molar-refractivity contribution in [2.24, 2.45) is 0 Å². The number of para-hydroxylation sites is 1. The van der Waals surface area contributed by atoms with E-state index in [2.05, 4.69) is 11.4 Å². The van der Waals surface area contributed by atoms with Crippen LogP contribution in [-0.2, 0) is 4.79 Å². The number of carbonyl (C=O) groups is 1. The third-order valence-electron chi connectivity index (χ3n) is 4.92. The summed E-state index contributed by atoms with van der Waals surface area (Å²) in [6.07, 6.45) is 2.04. The van der Waals surface area contributed by atoms with Gasteiger partial charge in [-0.1, -0.05) is 23.7 Å². The molecule has 3 aromatic rings. The molecule has 2 aromatic carbocycles. The number of amides is 1. The molecule has 28 heavy (non-hydrogen) atoms. The number of nitrogens with one attached hydrogen (secondary N) is 2. The Balaban J connectivity index is 1.45. The number of nitrogens with zero attached hydrogens (tertiary/aromatic N) is 2. The number of likely N-dealkylation sites (tertiary alicyclic amines) is 1. The van der Waals surface area contributed by atoms with Crippen LogP contribution in [0.3, 0.4) is 0 Å². The standard InChI is InChI=1S/C19H17ClN4O3S/c20-13-10-12(24(26)27)7-8-14(13)21-18(25)11-23-9-3-5-16(23)19-22-15-4-1-2-6-17(15)28-19/h1-2,4,6-8,10,16H,3,5,9,11H2,(H,21,25)/p+1/t16-/m1/s1. The maximum atomic E-state index is 12.5. The highest BCUT2D eigenvalue weighted by Crippen LogP contribution is 2.29. The van der Waals surface area contributed by atoms with Gasteiger partial charge in [-0.3, -0.25) is 14.9 Å². The van der Waals surface area contributed by atoms with Crippen molar-refractivity contribution in [2.75, 3.05) is 18.4 Å². The second kappa shape index (κ2) is 7.83. The van der Waals surface area contributed by atoms with E-state index in [0.29, 0.717) is 12.2 Å². The SMILES string of the molecule is O=C(C[NH+]1CCC[C@@H]1c1nc2ccccc2s1)Nc1ccc([N+](=O)[O-])cc1Cl. The van der Waals surface area contributed by atoms with Gasteiger partial charge in [0.15, 0.2) is 11.6 Å². The molecular formula is C19H18ClN4O3S+. The van der Waals surface area contributed by atoms with E-state index in [9.17, 15) is 14.9 Å². The molecule has 2 heterocycles. The molecule has 7 nitrogen and oxygen atoms in total. The van der Waals surface area contributed by atoms with Crippen LogP contribution in [0.15, 0.2) is 42.5 Å². The van der Waals surface area contributed by atoms with Crippen LogP contribution < -0.4 is 10.2 Å². The molecule has 0 spiro atoms. The van der Waals surface area contributed by atoms with Gasteiger partial charge in [-0.2, -0.15) is 0 Å². The van der Waals surface area contributed by atoms with E-state index < -0.39 is 4.92 Å². The monoisotopic (exact) mass is 417 g/mol. The Morgan fingerprint density at radius 3 is 2.93 bits per heavy atom. The number of fused-ring (bicyclic) bond motifs is 1. The molecule has 9 heteroatoms. The van der Waals surface area contributed by atoms with E-state index in [-0.39, 0.29) is 22.7 Å². The highest BCUT2D eigenvalue weighted by molar-refractivity contribution is 7.18. The van der Waals surface area contributed by atoms with Gasteiger partial charge in [0.2, 0.25) is 0 Å². The largest absolute Gasteiger partial charge is 0.320 e. The first kappa shape index (κ1) is 18.8. The van der Waals surface area contributed by atoms with Gasteiger partial charge in [0.05, 0.1) is 32.4 Å². The third kappa shape index (κ3) is 3.84. The molecule has 1 fully saturated rings. The zero-order valence-corrected chi connectivity index (χ0v) is 16.4. The van der Waals surface area contributed by atoms with Crippen LogP contribution >= 0.6 is 22.9 Å². The lowest BCUT2D eigenvalue weighted by atomic mass is 10.2. The van der Waals surface area contributed by atoms with Gasteiger partial charge in [-0.25, -0.2) is 4.98 Å². The summed E-state index contributed by atoms with van der Waals surface area (Å²) in [7, 11) is 0. The predicted molar refractivity (Wildman–Crippen MR) is 109 cm³/mol. The molecule has 4 rings (SSSR count). The average Bonchev–Trinajstić information content (AvgIpc) is 3.29. The fraction of sp³-hybridized carbons (Fsp3) is 0.263. The summed E-state index contributed by atoms with van der Waals surface area (Å²) in [6, 6.07) is 12.3. The maximum Gasteiger partial charge on any atom is 0.279 e. The van der Waals surface area contributed by atoms with E-state index in [1.54, 1.807) is 11.3 Å². The van der Waals surface area contributed by atoms with Crippen molar-refractivity contribution >= 4 is 50.4 Å². The minimum atomic E-state index is -0.519. The zero-order valence-electron chi connectivity index (χ0n) is 14.9. The number of halogens is 1. The lowest BCUT2D eigenvalue weighted by Crippen LogP contribution is -3.11. The predicted octanol–water partition coefficient (Wildman–Crippen LogP) is 3.22. The minimum absolute atomic E-state index is 0.107. The number of anilines is 1. The second-order valence-corrected chi connectivity index (χ2v) is 8.24. The van der Waals surface area contributed by atoms with E-state index >= 15 is 0 Å². The van der Waals surface area contributed by atoms with Crippen LogP contribution in [0.25, 0.3) is 10.2 Å². The number of nitro groups is 1. The molecule has 0 bridgehead atoms. The van der Waals surface area contributed by atoms with Gasteiger partial charge in [0.25, 0.3) is 11.6 Å². The lowest BCUT2D eigenvalue weighted by molar-refractivity contribution is -0.910. The minimum Gasteiger partial charge on any atom is -0.320 e. The van der Waals surface area contributed by atoms with Gasteiger partial charge in [-0.15, -0.1) is 11.3 Å². The van der Waals surface area contributed by atoms with Crippen LogP contribution in [0, 0.1) is 10.1 Å². The molecule has 0 aliphatic carbocycles. The average molecular weight is 418 g/mol. The first-order valence-corrected chi connectivity index (χ1v) is 10.1. The first-order valence-electron chi connectivity index (χ1n) is 8.95. The molecule has 1 aromatic heterocycles. The fourth-order valence-corrected chi connectivity index (χ4v) is 4.96. The molecular weight excluding hydrogens is 400 g/mol. The molecule has 1 aliphatic heterocycles. The van der Waals surface area contributed by atoms with E-state index in [1.165, 1.54) is 23.1 Å². The van der Waals surface area contributed by atoms with Gasteiger partial charge in [0.1, 0.15) is 6.04 Å². The van der Waals surface area contributed by atoms with Crippen molar-refractivity contribution in [3.63, 3.8) is 0 Å². The molecule has 0 saturated carbocycles. The van der Waals surface area contributed by atoms with Gasteiger partial charge >= 0.3 is 0 Å². The summed E-state index contributed by atoms with van der Waals surface area (Å²) in [5.41, 5.74) is 1.27. The Morgan fingerprint density at radius 1 is 1.36 bits per heavy atom. The van der Waals surface area contributed by atoms with Crippen LogP contribution in [-0.4, -0.2) is 28.9 Å². The van der Waals surface area contributed by atoms with Crippen LogP contribution in [0.4, 0.5) is 11.4 Å². The van der Waals surface area contributed by atoms with Crippen LogP contribution in [0.1, 0.15) is 23.9 Å². The van der Waals surface area contributed by atoms with Gasteiger partial charge < -0.3 is 10.2 Å². The van der Waals surface area contributed by atoms with E-state index in [0.717, 1.165) is 34.6 Å². The Morgan fingerprint density at radius 2 is 2.18 bits per heavy atom. The van der Waals surface area contributed by atoms with Gasteiger partial charge in [-0.05, 0) is 18.2 Å². The Hall–Kier alpha value is -2.55. The van der Waals surface area contributed by atoms with Crippen molar-refractivity contribution in [2.45, 2.75) is 18.9 Å². The molecule has 144 valence electrons. The Bertz CT molecular complexity index is 1020. The number of thiazole rings is 1. The maximum absolute atomic E-state index is 12.5. The molecule has 1 unspecified atom stereocenters. The smallest absolute Gasteiger partial charge is 0.279 e. The van der Waals surface area contributed by atoms with Crippen molar-refractivity contribution in [3.8, 4) is 0 Å². The van der Waals surface area contributed by atoms with E-state index in [1.807, 2.05) is 18.2 Å². The van der Waals surface area contributed by atoms with Crippen molar-refractivity contribution in [1.82, 2.24) is 4.98 Å². The van der Waals surface area contributed by atoms with Crippen LogP contribution in [0.5, 0.6) is 0 Å². The highest BCUT2D eigenvalue weighted by atomic mass is 35.5. The number of benzene rings is 2. The van der Waals surface area contributed by atoms with Crippen molar-refractivity contribution < 1.29 is 14.6 Å². The molecule has 2 atom stereocenters. The summed E-state index contributed by atoms with van der Waals surface area (Å²) < 4.78 is 1.16. The summed E-state index contributed by atoms with van der Waals surface area (Å²) >= 11 is 7.76. The normalized spacial score (nSPS) is 19.0. The quantitative estimate of drug-likeness (QED) is 0.492. The topological polar surface area (TPSA) is 89.6 Å². The second-order valence-electron chi connectivity index (χ2n) is 6.77. The van der Waals surface area contributed by atoms with E-state index in [4.69, 9.17) is 16.6 Å². The third-order valence-corrected chi connectivity index (χ3v) is 6.38. The summed E-state index contributed by atoms with van der Waals surface area (Å²) in [4.78, 5) is 28.8. The summed E-state index contributed by atoms with van der Waals surface area (Å²) in [5, 5.41) is 14.8. The molecule has 1 amide bonds. The molecule has 2 N–H and O–H groups in total. The Labute approximate surface area is 170 Å². The number of hydrogen-bond acceptors (Lipinski definition) is 5. The Kier molecular flexibility index (Phi) is 5.25. The highest BCUT2D eigenvalue weighted by Gasteiger charge is 2.34. The summed E-state index contributed by atoms with van der Waals surface area (Å²) in [6.45, 7) is 1.20. The number of carbonyl (C=O) groups excluding carboxylic acids is 1. The van der Waals surface area contributed by atoms with Crippen molar-refractivity contribution in [3.05, 3.63) is 62.6 Å². The fourth-order valence-electron chi connectivity index (χ4n) is 3.58.